The lowest BCUT2D eigenvalue weighted by Crippen LogP contribution is -2.48. The fraction of sp³-hybridized carbons (Fsp3) is 0.409. The standard InChI is InChI=1S/C22H26N2O4/c1-16(2)28-19-6-4-3-5-18(19)14-23-9-11-24(12-10-23)22(25)17-7-8-20-21(13-17)27-15-26-20/h3-8,13,16H,9-12,14-15H2,1-2H3. The fourth-order valence-corrected chi connectivity index (χ4v) is 3.57. The van der Waals surface area contributed by atoms with Crippen molar-refractivity contribution in [3.05, 3.63) is 53.6 Å². The number of carbonyl (C=O) groups excluding carboxylic acids is 1. The summed E-state index contributed by atoms with van der Waals surface area (Å²) >= 11 is 0. The Kier molecular flexibility index (Phi) is 5.39. The van der Waals surface area contributed by atoms with Crippen LogP contribution in [-0.4, -0.2) is 54.8 Å². The van der Waals surface area contributed by atoms with Crippen LogP contribution in [0.25, 0.3) is 0 Å². The second-order valence-electron chi connectivity index (χ2n) is 7.41. The highest BCUT2D eigenvalue weighted by molar-refractivity contribution is 5.95. The molecular weight excluding hydrogens is 356 g/mol. The third-order valence-electron chi connectivity index (χ3n) is 5.01. The van der Waals surface area contributed by atoms with E-state index < -0.39 is 0 Å². The molecule has 0 aromatic heterocycles. The summed E-state index contributed by atoms with van der Waals surface area (Å²) in [4.78, 5) is 17.1. The Bertz CT molecular complexity index is 844. The number of carbonyl (C=O) groups is 1. The van der Waals surface area contributed by atoms with Crippen LogP contribution in [0.3, 0.4) is 0 Å². The van der Waals surface area contributed by atoms with Crippen LogP contribution in [0.2, 0.25) is 0 Å². The molecule has 1 amide bonds. The molecule has 2 aliphatic rings. The molecule has 4 rings (SSSR count). The Morgan fingerprint density at radius 3 is 2.57 bits per heavy atom. The first-order chi connectivity index (χ1) is 13.6. The van der Waals surface area contributed by atoms with Gasteiger partial charge in [-0.1, -0.05) is 18.2 Å². The van der Waals surface area contributed by atoms with Crippen molar-refractivity contribution in [3.63, 3.8) is 0 Å². The van der Waals surface area contributed by atoms with Crippen molar-refractivity contribution >= 4 is 5.91 Å². The van der Waals surface area contributed by atoms with Crippen LogP contribution in [0.5, 0.6) is 17.2 Å². The van der Waals surface area contributed by atoms with Gasteiger partial charge in [-0.05, 0) is 38.1 Å². The molecule has 0 atom stereocenters. The minimum Gasteiger partial charge on any atom is -0.491 e. The van der Waals surface area contributed by atoms with Crippen LogP contribution >= 0.6 is 0 Å². The third-order valence-corrected chi connectivity index (χ3v) is 5.01. The molecule has 2 aromatic carbocycles. The SMILES string of the molecule is CC(C)Oc1ccccc1CN1CCN(C(=O)c2ccc3c(c2)OCO3)CC1. The predicted molar refractivity (Wildman–Crippen MR) is 106 cm³/mol. The van der Waals surface area contributed by atoms with E-state index in [4.69, 9.17) is 14.2 Å². The van der Waals surface area contributed by atoms with Gasteiger partial charge in [0.15, 0.2) is 11.5 Å². The minimum absolute atomic E-state index is 0.0430. The van der Waals surface area contributed by atoms with E-state index in [2.05, 4.69) is 11.0 Å². The number of fused-ring (bicyclic) bond motifs is 1. The van der Waals surface area contributed by atoms with Gasteiger partial charge in [0.1, 0.15) is 5.75 Å². The number of rotatable bonds is 5. The first-order valence-corrected chi connectivity index (χ1v) is 9.76. The fourth-order valence-electron chi connectivity index (χ4n) is 3.57. The Morgan fingerprint density at radius 2 is 1.79 bits per heavy atom. The number of nitrogens with zero attached hydrogens (tertiary/aromatic N) is 2. The van der Waals surface area contributed by atoms with Gasteiger partial charge >= 0.3 is 0 Å². The van der Waals surface area contributed by atoms with Crippen LogP contribution in [0.4, 0.5) is 0 Å². The molecule has 0 radical (unpaired) electrons. The zero-order chi connectivity index (χ0) is 19.5. The highest BCUT2D eigenvalue weighted by Gasteiger charge is 2.24. The van der Waals surface area contributed by atoms with Crippen molar-refractivity contribution in [3.8, 4) is 17.2 Å². The van der Waals surface area contributed by atoms with Crippen molar-refractivity contribution in [1.82, 2.24) is 9.80 Å². The summed E-state index contributed by atoms with van der Waals surface area (Å²) in [5.74, 6) is 2.33. The quantitative estimate of drug-likeness (QED) is 0.795. The molecule has 1 saturated heterocycles. The van der Waals surface area contributed by atoms with Crippen molar-refractivity contribution in [2.24, 2.45) is 0 Å². The number of ether oxygens (including phenoxy) is 3. The average Bonchev–Trinajstić information content (AvgIpc) is 3.17. The summed E-state index contributed by atoms with van der Waals surface area (Å²) in [5.41, 5.74) is 1.83. The van der Waals surface area contributed by atoms with Crippen LogP contribution in [0.1, 0.15) is 29.8 Å². The molecule has 6 nitrogen and oxygen atoms in total. The van der Waals surface area contributed by atoms with Crippen LogP contribution in [0, 0.1) is 0 Å². The van der Waals surface area contributed by atoms with Crippen LogP contribution in [-0.2, 0) is 6.54 Å². The van der Waals surface area contributed by atoms with E-state index in [1.54, 1.807) is 12.1 Å². The first kappa shape index (κ1) is 18.6. The van der Waals surface area contributed by atoms with E-state index in [0.29, 0.717) is 30.2 Å². The number of benzene rings is 2. The molecule has 6 heteroatoms. The van der Waals surface area contributed by atoms with Crippen LogP contribution < -0.4 is 14.2 Å². The molecule has 148 valence electrons. The maximum absolute atomic E-state index is 12.8. The highest BCUT2D eigenvalue weighted by atomic mass is 16.7. The molecule has 1 fully saturated rings. The topological polar surface area (TPSA) is 51.2 Å². The van der Waals surface area contributed by atoms with Gasteiger partial charge in [0.05, 0.1) is 6.10 Å². The molecule has 0 N–H and O–H groups in total. The van der Waals surface area contributed by atoms with Crippen molar-refractivity contribution in [2.45, 2.75) is 26.5 Å². The zero-order valence-electron chi connectivity index (χ0n) is 16.4. The van der Waals surface area contributed by atoms with Gasteiger partial charge in [-0.25, -0.2) is 0 Å². The normalized spacial score (nSPS) is 16.5. The monoisotopic (exact) mass is 382 g/mol. The summed E-state index contributed by atoms with van der Waals surface area (Å²) in [6.07, 6.45) is 0.150. The lowest BCUT2D eigenvalue weighted by molar-refractivity contribution is 0.0626. The largest absolute Gasteiger partial charge is 0.491 e. The zero-order valence-corrected chi connectivity index (χ0v) is 16.4. The molecule has 2 aromatic rings. The van der Waals surface area contributed by atoms with Gasteiger partial charge in [0.2, 0.25) is 6.79 Å². The lowest BCUT2D eigenvalue weighted by atomic mass is 10.1. The minimum atomic E-state index is 0.0430. The van der Waals surface area contributed by atoms with Crippen LogP contribution in [0.15, 0.2) is 42.5 Å². The number of para-hydroxylation sites is 1. The van der Waals surface area contributed by atoms with Crippen molar-refractivity contribution in [2.75, 3.05) is 33.0 Å². The van der Waals surface area contributed by atoms with Gasteiger partial charge in [0, 0.05) is 43.9 Å². The van der Waals surface area contributed by atoms with Gasteiger partial charge in [-0.3, -0.25) is 9.69 Å². The van der Waals surface area contributed by atoms with E-state index in [9.17, 15) is 4.79 Å². The molecule has 0 saturated carbocycles. The van der Waals surface area contributed by atoms with Gasteiger partial charge in [-0.15, -0.1) is 0 Å². The molecule has 0 spiro atoms. The van der Waals surface area contributed by atoms with E-state index in [0.717, 1.165) is 25.4 Å². The highest BCUT2D eigenvalue weighted by Crippen LogP contribution is 2.33. The molecule has 0 aliphatic carbocycles. The Balaban J connectivity index is 1.35. The van der Waals surface area contributed by atoms with E-state index in [1.807, 2.05) is 43.0 Å². The second kappa shape index (κ2) is 8.10. The summed E-state index contributed by atoms with van der Waals surface area (Å²) in [6, 6.07) is 13.6. The predicted octanol–water partition coefficient (Wildman–Crippen LogP) is 3.16. The molecule has 2 aliphatic heterocycles. The molecule has 2 heterocycles. The number of amides is 1. The van der Waals surface area contributed by atoms with Gasteiger partial charge in [0.25, 0.3) is 5.91 Å². The Morgan fingerprint density at radius 1 is 1.04 bits per heavy atom. The number of hydrogen-bond donors (Lipinski definition) is 0. The third kappa shape index (κ3) is 4.07. The average molecular weight is 382 g/mol. The first-order valence-electron chi connectivity index (χ1n) is 9.76. The summed E-state index contributed by atoms with van der Waals surface area (Å²) in [6.45, 7) is 8.22. The number of piperazine rings is 1. The Hall–Kier alpha value is -2.73. The summed E-state index contributed by atoms with van der Waals surface area (Å²) in [5, 5.41) is 0. The summed E-state index contributed by atoms with van der Waals surface area (Å²) in [7, 11) is 0. The van der Waals surface area contributed by atoms with Crippen molar-refractivity contribution in [1.29, 1.82) is 0 Å². The molecule has 0 unspecified atom stereocenters. The lowest BCUT2D eigenvalue weighted by Gasteiger charge is -2.35. The Labute approximate surface area is 165 Å². The molecule has 0 bridgehead atoms. The smallest absolute Gasteiger partial charge is 0.254 e. The van der Waals surface area contributed by atoms with E-state index in [1.165, 1.54) is 5.56 Å². The van der Waals surface area contributed by atoms with Crippen molar-refractivity contribution < 1.29 is 19.0 Å². The van der Waals surface area contributed by atoms with E-state index in [-0.39, 0.29) is 18.8 Å². The molecule has 28 heavy (non-hydrogen) atoms. The maximum atomic E-state index is 12.8. The second-order valence-corrected chi connectivity index (χ2v) is 7.41. The van der Waals surface area contributed by atoms with Gasteiger partial charge in [-0.2, -0.15) is 0 Å². The summed E-state index contributed by atoms with van der Waals surface area (Å²) < 4.78 is 16.6. The molecular formula is C22H26N2O4. The maximum Gasteiger partial charge on any atom is 0.254 e. The number of hydrogen-bond acceptors (Lipinski definition) is 5. The van der Waals surface area contributed by atoms with E-state index >= 15 is 0 Å². The van der Waals surface area contributed by atoms with Gasteiger partial charge < -0.3 is 19.1 Å².